The van der Waals surface area contributed by atoms with E-state index in [4.69, 9.17) is 0 Å². The third-order valence-corrected chi connectivity index (χ3v) is 4.66. The molecule has 1 N–H and O–H groups in total. The Hall–Kier alpha value is -1.23. The van der Waals surface area contributed by atoms with Gasteiger partial charge in [0.1, 0.15) is 0 Å². The highest BCUT2D eigenvalue weighted by molar-refractivity contribution is 5.50. The Balaban J connectivity index is 2.23. The highest BCUT2D eigenvalue weighted by Crippen LogP contribution is 2.32. The quantitative estimate of drug-likeness (QED) is 0.905. The number of benzene rings is 1. The number of alkyl halides is 3. The van der Waals surface area contributed by atoms with E-state index < -0.39 is 11.7 Å². The number of hydrogen-bond acceptors (Lipinski definition) is 2. The van der Waals surface area contributed by atoms with Crippen molar-refractivity contribution in [2.75, 3.05) is 18.0 Å². The highest BCUT2D eigenvalue weighted by atomic mass is 19.4. The fourth-order valence-electron chi connectivity index (χ4n) is 2.92. The maximum absolute atomic E-state index is 12.6. The van der Waals surface area contributed by atoms with Crippen LogP contribution in [0.2, 0.25) is 0 Å². The van der Waals surface area contributed by atoms with Crippen LogP contribution in [0.3, 0.4) is 0 Å². The Bertz CT molecular complexity index is 463. The molecule has 0 radical (unpaired) electrons. The maximum atomic E-state index is 12.6. The summed E-state index contributed by atoms with van der Waals surface area (Å²) >= 11 is 0. The topological polar surface area (TPSA) is 15.3 Å². The summed E-state index contributed by atoms with van der Waals surface area (Å²) in [6.45, 7) is 8.07. The zero-order valence-corrected chi connectivity index (χ0v) is 12.8. The summed E-state index contributed by atoms with van der Waals surface area (Å²) in [6, 6.07) is 5.78. The van der Waals surface area contributed by atoms with Crippen LogP contribution >= 0.6 is 0 Å². The minimum absolute atomic E-state index is 0.0508. The zero-order valence-electron chi connectivity index (χ0n) is 12.8. The lowest BCUT2D eigenvalue weighted by Gasteiger charge is -2.47. The third-order valence-electron chi connectivity index (χ3n) is 4.66. The Kier molecular flexibility index (Phi) is 4.51. The monoisotopic (exact) mass is 300 g/mol. The Morgan fingerprint density at radius 1 is 1.19 bits per heavy atom. The van der Waals surface area contributed by atoms with Crippen LogP contribution in [0, 0.1) is 0 Å². The fourth-order valence-corrected chi connectivity index (χ4v) is 2.92. The van der Waals surface area contributed by atoms with E-state index in [0.29, 0.717) is 0 Å². The van der Waals surface area contributed by atoms with Gasteiger partial charge in [-0.25, -0.2) is 0 Å². The minimum Gasteiger partial charge on any atom is -0.366 e. The molecule has 0 bridgehead atoms. The second-order valence-corrected chi connectivity index (χ2v) is 5.89. The lowest BCUT2D eigenvalue weighted by atomic mass is 9.88. The van der Waals surface area contributed by atoms with Crippen LogP contribution in [0.4, 0.5) is 18.9 Å². The summed E-state index contributed by atoms with van der Waals surface area (Å²) in [5.41, 5.74) is 0.324. The first kappa shape index (κ1) is 16.1. The van der Waals surface area contributed by atoms with Crippen LogP contribution in [0.15, 0.2) is 24.3 Å². The normalized spacial score (nSPS) is 22.4. The van der Waals surface area contributed by atoms with Gasteiger partial charge in [-0.2, -0.15) is 13.2 Å². The van der Waals surface area contributed by atoms with Crippen molar-refractivity contribution in [1.29, 1.82) is 0 Å². The summed E-state index contributed by atoms with van der Waals surface area (Å²) in [6.07, 6.45) is -2.26. The second kappa shape index (κ2) is 5.87. The van der Waals surface area contributed by atoms with Crippen LogP contribution < -0.4 is 10.2 Å². The smallest absolute Gasteiger partial charge is 0.366 e. The number of nitrogens with zero attached hydrogens (tertiary/aromatic N) is 1. The molecule has 2 nitrogen and oxygen atoms in total. The summed E-state index contributed by atoms with van der Waals surface area (Å²) in [7, 11) is 0. The number of anilines is 1. The van der Waals surface area contributed by atoms with Gasteiger partial charge in [-0.15, -0.1) is 0 Å². The molecule has 118 valence electrons. The van der Waals surface area contributed by atoms with E-state index >= 15 is 0 Å². The molecule has 1 aromatic rings. The van der Waals surface area contributed by atoms with Crippen LogP contribution in [0.1, 0.15) is 39.2 Å². The van der Waals surface area contributed by atoms with Gasteiger partial charge >= 0.3 is 6.18 Å². The van der Waals surface area contributed by atoms with Crippen molar-refractivity contribution in [2.24, 2.45) is 0 Å². The van der Waals surface area contributed by atoms with Gasteiger partial charge in [0.05, 0.1) is 5.56 Å². The standard InChI is InChI=1S/C16H23F3N2/c1-4-15(5-2)11-21(12(3)10-20-15)14-8-6-13(7-9-14)16(17,18)19/h6-9,12,20H,4-5,10-11H2,1-3H3. The van der Waals surface area contributed by atoms with Crippen molar-refractivity contribution >= 4 is 5.69 Å². The Morgan fingerprint density at radius 2 is 1.76 bits per heavy atom. The van der Waals surface area contributed by atoms with Crippen molar-refractivity contribution in [3.05, 3.63) is 29.8 Å². The first-order valence-corrected chi connectivity index (χ1v) is 7.50. The van der Waals surface area contributed by atoms with E-state index in [-0.39, 0.29) is 11.6 Å². The van der Waals surface area contributed by atoms with E-state index in [0.717, 1.165) is 31.6 Å². The van der Waals surface area contributed by atoms with Gasteiger partial charge in [0.15, 0.2) is 0 Å². The van der Waals surface area contributed by atoms with Crippen molar-refractivity contribution in [3.63, 3.8) is 0 Å². The predicted octanol–water partition coefficient (Wildman–Crippen LogP) is 4.06. The van der Waals surface area contributed by atoms with Crippen LogP contribution in [-0.2, 0) is 6.18 Å². The predicted molar refractivity (Wildman–Crippen MR) is 79.6 cm³/mol. The number of nitrogens with one attached hydrogen (secondary N) is 1. The van der Waals surface area contributed by atoms with Gasteiger partial charge in [-0.1, -0.05) is 13.8 Å². The molecule has 1 fully saturated rings. The van der Waals surface area contributed by atoms with Crippen molar-refractivity contribution < 1.29 is 13.2 Å². The number of rotatable bonds is 3. The lowest BCUT2D eigenvalue weighted by molar-refractivity contribution is -0.137. The molecule has 1 heterocycles. The van der Waals surface area contributed by atoms with Crippen molar-refractivity contribution in [2.45, 2.75) is 51.4 Å². The molecule has 1 aliphatic rings. The van der Waals surface area contributed by atoms with Gasteiger partial charge in [0, 0.05) is 30.4 Å². The number of hydrogen-bond donors (Lipinski definition) is 1. The maximum Gasteiger partial charge on any atom is 0.416 e. The molecule has 2 rings (SSSR count). The molecule has 0 amide bonds. The van der Waals surface area contributed by atoms with Crippen molar-refractivity contribution in [1.82, 2.24) is 5.32 Å². The van der Waals surface area contributed by atoms with Gasteiger partial charge in [0.25, 0.3) is 0 Å². The number of piperazine rings is 1. The fraction of sp³-hybridized carbons (Fsp3) is 0.625. The molecule has 1 aliphatic heterocycles. The summed E-state index contributed by atoms with van der Waals surface area (Å²) in [4.78, 5) is 2.21. The molecule has 0 aromatic heterocycles. The second-order valence-electron chi connectivity index (χ2n) is 5.89. The molecule has 1 atom stereocenters. The molecule has 0 spiro atoms. The molecule has 1 unspecified atom stereocenters. The Morgan fingerprint density at radius 3 is 2.24 bits per heavy atom. The van der Waals surface area contributed by atoms with Gasteiger partial charge in [-0.3, -0.25) is 0 Å². The third kappa shape index (κ3) is 3.34. The first-order chi connectivity index (χ1) is 9.81. The lowest BCUT2D eigenvalue weighted by Crippen LogP contribution is -2.63. The van der Waals surface area contributed by atoms with Crippen molar-refractivity contribution in [3.8, 4) is 0 Å². The van der Waals surface area contributed by atoms with Crippen LogP contribution in [0.5, 0.6) is 0 Å². The molecular weight excluding hydrogens is 277 g/mol. The average molecular weight is 300 g/mol. The zero-order chi connectivity index (χ0) is 15.7. The van der Waals surface area contributed by atoms with Gasteiger partial charge in [0.2, 0.25) is 0 Å². The van der Waals surface area contributed by atoms with Crippen LogP contribution in [-0.4, -0.2) is 24.7 Å². The summed E-state index contributed by atoms with van der Waals surface area (Å²) in [5, 5.41) is 3.60. The minimum atomic E-state index is -4.27. The largest absolute Gasteiger partial charge is 0.416 e. The molecule has 1 saturated heterocycles. The SMILES string of the molecule is CCC1(CC)CN(c2ccc(C(F)(F)F)cc2)C(C)CN1. The van der Waals surface area contributed by atoms with E-state index in [1.807, 2.05) is 0 Å². The van der Waals surface area contributed by atoms with E-state index in [2.05, 4.69) is 31.0 Å². The molecule has 0 saturated carbocycles. The van der Waals surface area contributed by atoms with Gasteiger partial charge < -0.3 is 10.2 Å². The first-order valence-electron chi connectivity index (χ1n) is 7.50. The van der Waals surface area contributed by atoms with E-state index in [1.54, 1.807) is 12.1 Å². The molecule has 1 aromatic carbocycles. The average Bonchev–Trinajstić information content (AvgIpc) is 2.47. The van der Waals surface area contributed by atoms with E-state index in [9.17, 15) is 13.2 Å². The van der Waals surface area contributed by atoms with E-state index in [1.165, 1.54) is 12.1 Å². The molecular formula is C16H23F3N2. The summed E-state index contributed by atoms with van der Waals surface area (Å²) in [5.74, 6) is 0. The Labute approximate surface area is 124 Å². The van der Waals surface area contributed by atoms with Gasteiger partial charge in [-0.05, 0) is 44.0 Å². The highest BCUT2D eigenvalue weighted by Gasteiger charge is 2.35. The summed E-state index contributed by atoms with van der Waals surface area (Å²) < 4.78 is 37.9. The van der Waals surface area contributed by atoms with Crippen LogP contribution in [0.25, 0.3) is 0 Å². The number of halogens is 3. The molecule has 0 aliphatic carbocycles. The molecule has 21 heavy (non-hydrogen) atoms. The molecule has 5 heteroatoms.